The minimum absolute atomic E-state index is 0.0170. The Morgan fingerprint density at radius 1 is 1.08 bits per heavy atom. The van der Waals surface area contributed by atoms with Gasteiger partial charge in [0.1, 0.15) is 17.2 Å². The maximum Gasteiger partial charge on any atom is 0.341 e. The number of benzene rings is 3. The van der Waals surface area contributed by atoms with E-state index in [1.807, 2.05) is 42.1 Å². The van der Waals surface area contributed by atoms with E-state index in [2.05, 4.69) is 0 Å². The lowest BCUT2D eigenvalue weighted by Crippen LogP contribution is -2.22. The number of rotatable bonds is 5. The van der Waals surface area contributed by atoms with Gasteiger partial charge in [0.2, 0.25) is 5.78 Å². The van der Waals surface area contributed by atoms with Gasteiger partial charge in [-0.1, -0.05) is 36.4 Å². The molecule has 1 N–H and O–H groups in total. The van der Waals surface area contributed by atoms with Crippen LogP contribution in [0.3, 0.4) is 0 Å². The fourth-order valence-electron chi connectivity index (χ4n) is 5.04. The fourth-order valence-corrected chi connectivity index (χ4v) is 5.04. The molecule has 184 valence electrons. The van der Waals surface area contributed by atoms with E-state index in [-0.39, 0.29) is 18.0 Å². The van der Waals surface area contributed by atoms with Crippen molar-refractivity contribution in [3.63, 3.8) is 0 Å². The highest BCUT2D eigenvalue weighted by molar-refractivity contribution is 6.15. The number of nitrogens with zero attached hydrogens (tertiary/aromatic N) is 1. The van der Waals surface area contributed by atoms with Crippen molar-refractivity contribution in [3.05, 3.63) is 94.9 Å². The number of hydrogen-bond acceptors (Lipinski definition) is 6. The minimum atomic E-state index is -1.11. The highest BCUT2D eigenvalue weighted by Crippen LogP contribution is 2.50. The number of carbonyl (C=O) groups is 3. The zero-order valence-electron chi connectivity index (χ0n) is 19.8. The molecule has 3 aromatic carbocycles. The van der Waals surface area contributed by atoms with Gasteiger partial charge in [0.15, 0.2) is 12.4 Å². The summed E-state index contributed by atoms with van der Waals surface area (Å²) < 4.78 is 19.2. The first-order valence-corrected chi connectivity index (χ1v) is 11.7. The predicted octanol–water partition coefficient (Wildman–Crippen LogP) is 4.70. The van der Waals surface area contributed by atoms with Gasteiger partial charge in [0, 0.05) is 46.8 Å². The van der Waals surface area contributed by atoms with Gasteiger partial charge in [-0.3, -0.25) is 9.59 Å². The van der Waals surface area contributed by atoms with E-state index in [0.29, 0.717) is 33.9 Å². The number of Topliss-reactive ketones (excluding diaryl/α,β-unsaturated/α-hetero) is 1. The first kappa shape index (κ1) is 22.6. The molecule has 8 nitrogen and oxygen atoms in total. The summed E-state index contributed by atoms with van der Waals surface area (Å²) in [7, 11) is 1.94. The molecule has 1 atom stereocenters. The second kappa shape index (κ2) is 8.67. The molecule has 4 aromatic rings. The van der Waals surface area contributed by atoms with Crippen LogP contribution < -0.4 is 14.2 Å². The molecule has 0 saturated carbocycles. The number of hydrogen-bond donors (Lipinski definition) is 1. The summed E-state index contributed by atoms with van der Waals surface area (Å²) in [4.78, 5) is 37.0. The number of allylic oxidation sites excluding steroid dienone is 1. The number of aliphatic carboxylic acids is 1. The Bertz CT molecular complexity index is 1650. The Morgan fingerprint density at radius 2 is 1.86 bits per heavy atom. The SMILES string of the molecule is Cn1cc(C=C2Oc3c(ccc4c3C(c3ccccc3OCC(=O)O)CC(=O)O4)C2=O)c2ccccc21. The lowest BCUT2D eigenvalue weighted by atomic mass is 9.84. The molecule has 0 bridgehead atoms. The summed E-state index contributed by atoms with van der Waals surface area (Å²) in [5, 5.41) is 10.1. The third kappa shape index (κ3) is 3.83. The monoisotopic (exact) mass is 495 g/mol. The fraction of sp³-hybridized carbons (Fsp3) is 0.138. The molecule has 0 aliphatic carbocycles. The third-order valence-electron chi connectivity index (χ3n) is 6.64. The highest BCUT2D eigenvalue weighted by atomic mass is 16.5. The van der Waals surface area contributed by atoms with Crippen molar-refractivity contribution in [2.24, 2.45) is 7.05 Å². The summed E-state index contributed by atoms with van der Waals surface area (Å²) in [5.41, 5.74) is 3.41. The summed E-state index contributed by atoms with van der Waals surface area (Å²) in [6, 6.07) is 18.0. The van der Waals surface area contributed by atoms with Gasteiger partial charge in [0.25, 0.3) is 0 Å². The molecule has 0 fully saturated rings. The number of ether oxygens (including phenoxy) is 3. The number of aryl methyl sites for hydroxylation is 1. The van der Waals surface area contributed by atoms with Crippen molar-refractivity contribution in [2.75, 3.05) is 6.61 Å². The molecule has 2 aliphatic heterocycles. The van der Waals surface area contributed by atoms with E-state index in [4.69, 9.17) is 19.3 Å². The maximum absolute atomic E-state index is 13.4. The van der Waals surface area contributed by atoms with Crippen LogP contribution in [-0.2, 0) is 16.6 Å². The van der Waals surface area contributed by atoms with Crippen LogP contribution in [0.1, 0.15) is 39.4 Å². The highest BCUT2D eigenvalue weighted by Gasteiger charge is 2.39. The first-order chi connectivity index (χ1) is 17.9. The molecule has 3 heterocycles. The van der Waals surface area contributed by atoms with Crippen LogP contribution in [0.25, 0.3) is 17.0 Å². The van der Waals surface area contributed by atoms with Crippen molar-refractivity contribution in [3.8, 4) is 17.2 Å². The zero-order valence-corrected chi connectivity index (χ0v) is 19.8. The number of carbonyl (C=O) groups excluding carboxylic acids is 2. The Labute approximate surface area is 211 Å². The van der Waals surface area contributed by atoms with Crippen molar-refractivity contribution >= 4 is 34.7 Å². The topological polar surface area (TPSA) is 104 Å². The van der Waals surface area contributed by atoms with Crippen LogP contribution in [0.2, 0.25) is 0 Å². The Hall–Kier alpha value is -4.85. The van der Waals surface area contributed by atoms with Crippen molar-refractivity contribution < 1.29 is 33.7 Å². The van der Waals surface area contributed by atoms with Gasteiger partial charge in [-0.05, 0) is 30.3 Å². The molecule has 1 aromatic heterocycles. The van der Waals surface area contributed by atoms with E-state index in [1.165, 1.54) is 0 Å². The van der Waals surface area contributed by atoms with E-state index >= 15 is 0 Å². The Morgan fingerprint density at radius 3 is 2.70 bits per heavy atom. The number of carboxylic acids is 1. The molecule has 0 spiro atoms. The lowest BCUT2D eigenvalue weighted by Gasteiger charge is -2.27. The number of esters is 1. The smallest absolute Gasteiger partial charge is 0.341 e. The normalized spacial score (nSPS) is 17.3. The number of fused-ring (bicyclic) bond motifs is 4. The summed E-state index contributed by atoms with van der Waals surface area (Å²) in [6.07, 6.45) is 3.65. The first-order valence-electron chi connectivity index (χ1n) is 11.7. The van der Waals surface area contributed by atoms with Crippen LogP contribution in [0.5, 0.6) is 17.2 Å². The number of ketones is 1. The van der Waals surface area contributed by atoms with Crippen LogP contribution in [0.15, 0.2) is 72.6 Å². The van der Waals surface area contributed by atoms with Crippen LogP contribution >= 0.6 is 0 Å². The number of para-hydroxylation sites is 2. The molecule has 0 saturated heterocycles. The van der Waals surface area contributed by atoms with E-state index in [1.54, 1.807) is 42.5 Å². The third-order valence-corrected chi connectivity index (χ3v) is 6.64. The molecule has 0 radical (unpaired) electrons. The Balaban J connectivity index is 1.45. The van der Waals surface area contributed by atoms with Crippen LogP contribution in [0, 0.1) is 0 Å². The van der Waals surface area contributed by atoms with Crippen molar-refractivity contribution in [1.82, 2.24) is 4.57 Å². The van der Waals surface area contributed by atoms with E-state index in [0.717, 1.165) is 16.5 Å². The summed E-state index contributed by atoms with van der Waals surface area (Å²) in [6.45, 7) is -0.527. The average Bonchev–Trinajstić information content (AvgIpc) is 3.38. The Kier molecular flexibility index (Phi) is 5.30. The van der Waals surface area contributed by atoms with Crippen molar-refractivity contribution in [2.45, 2.75) is 12.3 Å². The molecule has 8 heteroatoms. The second-order valence-corrected chi connectivity index (χ2v) is 8.96. The van der Waals surface area contributed by atoms with Crippen LogP contribution in [0.4, 0.5) is 0 Å². The maximum atomic E-state index is 13.4. The molecule has 1 unspecified atom stereocenters. The number of carboxylic acid groups (broad SMARTS) is 1. The minimum Gasteiger partial charge on any atom is -0.482 e. The second-order valence-electron chi connectivity index (χ2n) is 8.96. The van der Waals surface area contributed by atoms with Gasteiger partial charge in [0.05, 0.1) is 12.0 Å². The van der Waals surface area contributed by atoms with Gasteiger partial charge >= 0.3 is 11.9 Å². The van der Waals surface area contributed by atoms with Crippen molar-refractivity contribution in [1.29, 1.82) is 0 Å². The summed E-state index contributed by atoms with van der Waals surface area (Å²) >= 11 is 0. The van der Waals surface area contributed by atoms with E-state index in [9.17, 15) is 14.4 Å². The molecule has 37 heavy (non-hydrogen) atoms. The van der Waals surface area contributed by atoms with Gasteiger partial charge in [-0.2, -0.15) is 0 Å². The largest absolute Gasteiger partial charge is 0.482 e. The molecule has 6 rings (SSSR count). The molecular weight excluding hydrogens is 474 g/mol. The molecule has 2 aliphatic rings. The van der Waals surface area contributed by atoms with Gasteiger partial charge in [-0.25, -0.2) is 4.79 Å². The van der Waals surface area contributed by atoms with Crippen LogP contribution in [-0.4, -0.2) is 34.0 Å². The van der Waals surface area contributed by atoms with E-state index < -0.39 is 24.5 Å². The summed E-state index contributed by atoms with van der Waals surface area (Å²) in [5.74, 6) is -1.24. The zero-order chi connectivity index (χ0) is 25.7. The predicted molar refractivity (Wildman–Crippen MR) is 134 cm³/mol. The standard InChI is InChI=1S/C29H21NO7/c1-30-14-16(17-6-2-4-8-21(17)30)12-24-28(34)19-10-11-23-27(29(19)37-24)20(13-26(33)36-23)18-7-3-5-9-22(18)35-15-25(31)32/h2-12,14,20H,13,15H2,1H3,(H,31,32). The quantitative estimate of drug-likeness (QED) is 0.243. The van der Waals surface area contributed by atoms with Gasteiger partial charge < -0.3 is 23.9 Å². The molecule has 0 amide bonds. The van der Waals surface area contributed by atoms with Gasteiger partial charge in [-0.15, -0.1) is 0 Å². The lowest BCUT2D eigenvalue weighted by molar-refractivity contribution is -0.139. The number of aromatic nitrogens is 1. The molecular formula is C29H21NO7. The average molecular weight is 495 g/mol.